The molecular formula is C18H16N4O4S2. The van der Waals surface area contributed by atoms with Gasteiger partial charge in [-0.2, -0.15) is 0 Å². The van der Waals surface area contributed by atoms with E-state index in [1.54, 1.807) is 35.8 Å². The van der Waals surface area contributed by atoms with Gasteiger partial charge in [-0.3, -0.25) is 18.7 Å². The number of amides is 1. The van der Waals surface area contributed by atoms with Crippen LogP contribution in [0.25, 0.3) is 10.2 Å². The lowest BCUT2D eigenvalue weighted by atomic mass is 10.3. The van der Waals surface area contributed by atoms with E-state index in [4.69, 9.17) is 4.52 Å². The Morgan fingerprint density at radius 3 is 2.79 bits per heavy atom. The van der Waals surface area contributed by atoms with Crippen LogP contribution in [0.1, 0.15) is 10.6 Å². The van der Waals surface area contributed by atoms with E-state index in [1.165, 1.54) is 20.5 Å². The second-order valence-corrected chi connectivity index (χ2v) is 8.11. The maximum atomic E-state index is 13.0. The summed E-state index contributed by atoms with van der Waals surface area (Å²) >= 11 is 2.83. The predicted octanol–water partition coefficient (Wildman–Crippen LogP) is 2.46. The smallest absolute Gasteiger partial charge is 0.332 e. The molecule has 0 saturated heterocycles. The molecule has 0 bridgehead atoms. The molecule has 1 amide bonds. The number of thiophene rings is 2. The Morgan fingerprint density at radius 1 is 1.21 bits per heavy atom. The Hall–Kier alpha value is -2.98. The van der Waals surface area contributed by atoms with Crippen LogP contribution in [0.3, 0.4) is 0 Å². The number of aryl methyl sites for hydroxylation is 2. The van der Waals surface area contributed by atoms with Gasteiger partial charge < -0.3 is 9.84 Å². The van der Waals surface area contributed by atoms with Crippen LogP contribution in [0.5, 0.6) is 0 Å². The van der Waals surface area contributed by atoms with Crippen molar-refractivity contribution in [2.45, 2.75) is 26.4 Å². The minimum Gasteiger partial charge on any atom is -0.360 e. The molecule has 0 atom stereocenters. The van der Waals surface area contributed by atoms with Crippen LogP contribution in [0.15, 0.2) is 49.1 Å². The Labute approximate surface area is 166 Å². The van der Waals surface area contributed by atoms with Crippen molar-refractivity contribution < 1.29 is 9.32 Å². The van der Waals surface area contributed by atoms with Crippen molar-refractivity contribution in [3.63, 3.8) is 0 Å². The molecule has 0 unspecified atom stereocenters. The van der Waals surface area contributed by atoms with Crippen LogP contribution < -0.4 is 16.6 Å². The Balaban J connectivity index is 1.66. The van der Waals surface area contributed by atoms with Gasteiger partial charge in [0, 0.05) is 17.5 Å². The van der Waals surface area contributed by atoms with Gasteiger partial charge in [-0.15, -0.1) is 22.7 Å². The standard InChI is InChI=1S/C18H16N4O4S2/c1-11-9-14(20-26-11)19-15(23)10-22-13-5-8-28-16(13)17(24)21(18(22)25)6-4-12-3-2-7-27-12/h2-3,5,7-9H,4,6,10H2,1H3,(H,19,20,23). The number of carbonyl (C=O) groups is 1. The number of hydrogen-bond donors (Lipinski definition) is 1. The fraction of sp³-hybridized carbons (Fsp3) is 0.222. The SMILES string of the molecule is Cc1cc(NC(=O)Cn2c(=O)n(CCc3cccs3)c(=O)c3sccc32)no1. The van der Waals surface area contributed by atoms with Crippen molar-refractivity contribution in [2.24, 2.45) is 0 Å². The molecule has 0 aliphatic heterocycles. The number of aromatic nitrogens is 3. The Bertz CT molecular complexity index is 1250. The summed E-state index contributed by atoms with van der Waals surface area (Å²) in [6, 6.07) is 7.16. The van der Waals surface area contributed by atoms with E-state index in [2.05, 4.69) is 10.5 Å². The van der Waals surface area contributed by atoms with E-state index < -0.39 is 11.6 Å². The first kappa shape index (κ1) is 18.4. The van der Waals surface area contributed by atoms with E-state index in [0.29, 0.717) is 22.4 Å². The van der Waals surface area contributed by atoms with Gasteiger partial charge in [0.1, 0.15) is 17.0 Å². The Kier molecular flexibility index (Phi) is 4.97. The summed E-state index contributed by atoms with van der Waals surface area (Å²) in [6.45, 7) is 1.75. The maximum absolute atomic E-state index is 13.0. The van der Waals surface area contributed by atoms with Crippen molar-refractivity contribution >= 4 is 44.6 Å². The molecule has 1 N–H and O–H groups in total. The number of anilines is 1. The first-order valence-corrected chi connectivity index (χ1v) is 10.3. The van der Waals surface area contributed by atoms with Crippen molar-refractivity contribution in [3.05, 3.63) is 66.5 Å². The lowest BCUT2D eigenvalue weighted by Crippen LogP contribution is -2.41. The highest BCUT2D eigenvalue weighted by Gasteiger charge is 2.17. The molecule has 4 heterocycles. The second kappa shape index (κ2) is 7.56. The van der Waals surface area contributed by atoms with Crippen LogP contribution in [-0.2, 0) is 24.3 Å². The molecular weight excluding hydrogens is 400 g/mol. The minimum atomic E-state index is -0.501. The molecule has 4 rings (SSSR count). The molecule has 10 heteroatoms. The molecule has 0 aliphatic rings. The largest absolute Gasteiger partial charge is 0.360 e. The Morgan fingerprint density at radius 2 is 2.07 bits per heavy atom. The van der Waals surface area contributed by atoms with E-state index in [9.17, 15) is 14.4 Å². The molecule has 28 heavy (non-hydrogen) atoms. The number of hydrogen-bond acceptors (Lipinski definition) is 7. The molecule has 8 nitrogen and oxygen atoms in total. The molecule has 4 aromatic rings. The first-order valence-electron chi connectivity index (χ1n) is 8.49. The zero-order valence-corrected chi connectivity index (χ0v) is 16.5. The molecule has 0 radical (unpaired) electrons. The highest BCUT2D eigenvalue weighted by atomic mass is 32.1. The third-order valence-corrected chi connectivity index (χ3v) is 6.02. The second-order valence-electron chi connectivity index (χ2n) is 6.16. The summed E-state index contributed by atoms with van der Waals surface area (Å²) in [7, 11) is 0. The maximum Gasteiger partial charge on any atom is 0.332 e. The summed E-state index contributed by atoms with van der Waals surface area (Å²) in [5, 5.41) is 10.0. The monoisotopic (exact) mass is 416 g/mol. The third kappa shape index (κ3) is 3.56. The first-order chi connectivity index (χ1) is 13.5. The number of carbonyl (C=O) groups excluding carboxylic acids is 1. The van der Waals surface area contributed by atoms with Gasteiger partial charge >= 0.3 is 5.69 Å². The van der Waals surface area contributed by atoms with Gasteiger partial charge in [0.2, 0.25) is 5.91 Å². The van der Waals surface area contributed by atoms with Crippen LogP contribution in [0, 0.1) is 6.92 Å². The number of rotatable bonds is 6. The lowest BCUT2D eigenvalue weighted by molar-refractivity contribution is -0.116. The molecule has 0 saturated carbocycles. The highest BCUT2D eigenvalue weighted by molar-refractivity contribution is 7.17. The zero-order chi connectivity index (χ0) is 19.7. The topological polar surface area (TPSA) is 99.1 Å². The van der Waals surface area contributed by atoms with Crippen LogP contribution in [0.4, 0.5) is 5.82 Å². The normalized spacial score (nSPS) is 11.2. The zero-order valence-electron chi connectivity index (χ0n) is 14.9. The summed E-state index contributed by atoms with van der Waals surface area (Å²) < 4.78 is 7.90. The molecule has 0 spiro atoms. The fourth-order valence-corrected chi connectivity index (χ4v) is 4.45. The average molecular weight is 416 g/mol. The number of nitrogens with one attached hydrogen (secondary N) is 1. The van der Waals surface area contributed by atoms with Crippen LogP contribution >= 0.6 is 22.7 Å². The third-order valence-electron chi connectivity index (χ3n) is 4.20. The van der Waals surface area contributed by atoms with Gasteiger partial charge in [-0.25, -0.2) is 4.79 Å². The minimum absolute atomic E-state index is 0.225. The predicted molar refractivity (Wildman–Crippen MR) is 108 cm³/mol. The van der Waals surface area contributed by atoms with E-state index in [1.807, 2.05) is 17.5 Å². The summed E-state index contributed by atoms with van der Waals surface area (Å²) in [4.78, 5) is 39.2. The van der Waals surface area contributed by atoms with Crippen molar-refractivity contribution in [3.8, 4) is 0 Å². The fourth-order valence-electron chi connectivity index (χ4n) is 2.91. The van der Waals surface area contributed by atoms with Crippen molar-refractivity contribution in [1.82, 2.24) is 14.3 Å². The van der Waals surface area contributed by atoms with Crippen LogP contribution in [-0.4, -0.2) is 20.2 Å². The highest BCUT2D eigenvalue weighted by Crippen LogP contribution is 2.16. The van der Waals surface area contributed by atoms with Gasteiger partial charge in [-0.1, -0.05) is 11.2 Å². The summed E-state index contributed by atoms with van der Waals surface area (Å²) in [6.07, 6.45) is 0.577. The van der Waals surface area contributed by atoms with Crippen molar-refractivity contribution in [1.29, 1.82) is 0 Å². The molecule has 0 aromatic carbocycles. The summed E-state index contributed by atoms with van der Waals surface area (Å²) in [5.41, 5.74) is -0.367. The van der Waals surface area contributed by atoms with E-state index in [0.717, 1.165) is 4.88 Å². The quantitative estimate of drug-likeness (QED) is 0.521. The van der Waals surface area contributed by atoms with Crippen molar-refractivity contribution in [2.75, 3.05) is 5.32 Å². The molecule has 144 valence electrons. The van der Waals surface area contributed by atoms with Gasteiger partial charge in [0.15, 0.2) is 5.82 Å². The average Bonchev–Trinajstić information content (AvgIpc) is 3.40. The summed E-state index contributed by atoms with van der Waals surface area (Å²) in [5.74, 6) is 0.421. The molecule has 0 fully saturated rings. The van der Waals surface area contributed by atoms with Gasteiger partial charge in [0.05, 0.1) is 5.52 Å². The van der Waals surface area contributed by atoms with E-state index >= 15 is 0 Å². The van der Waals surface area contributed by atoms with Gasteiger partial charge in [-0.05, 0) is 36.2 Å². The molecule has 0 aliphatic carbocycles. The number of nitrogens with zero attached hydrogens (tertiary/aromatic N) is 3. The van der Waals surface area contributed by atoms with E-state index in [-0.39, 0.29) is 24.5 Å². The number of fused-ring (bicyclic) bond motifs is 1. The molecule has 4 aromatic heterocycles. The van der Waals surface area contributed by atoms with Crippen LogP contribution in [0.2, 0.25) is 0 Å². The van der Waals surface area contributed by atoms with Gasteiger partial charge in [0.25, 0.3) is 5.56 Å². The lowest BCUT2D eigenvalue weighted by Gasteiger charge is -2.11.